The lowest BCUT2D eigenvalue weighted by molar-refractivity contribution is -0.126. The van der Waals surface area contributed by atoms with Crippen molar-refractivity contribution in [2.24, 2.45) is 17.6 Å². The second-order valence-corrected chi connectivity index (χ2v) is 4.99. The fraction of sp³-hybridized carbons (Fsp3) is 0.909. The molecule has 2 aliphatic carbocycles. The van der Waals surface area contributed by atoms with Crippen LogP contribution in [0.3, 0.4) is 0 Å². The van der Waals surface area contributed by atoms with Gasteiger partial charge in [0.2, 0.25) is 5.91 Å². The number of nitrogens with two attached hydrogens (primary N) is 1. The first kappa shape index (κ1) is 9.97. The van der Waals surface area contributed by atoms with Gasteiger partial charge in [0.25, 0.3) is 0 Å². The number of nitrogens with one attached hydrogen (secondary N) is 1. The van der Waals surface area contributed by atoms with E-state index in [1.807, 2.05) is 0 Å². The van der Waals surface area contributed by atoms with E-state index in [1.165, 1.54) is 12.8 Å². The molecule has 14 heavy (non-hydrogen) atoms. The molecule has 0 saturated heterocycles. The van der Waals surface area contributed by atoms with Crippen molar-refractivity contribution in [3.8, 4) is 0 Å². The minimum atomic E-state index is -0.0145. The number of carbonyl (C=O) groups excluding carboxylic acids is 1. The van der Waals surface area contributed by atoms with Crippen LogP contribution in [0, 0.1) is 11.8 Å². The van der Waals surface area contributed by atoms with Crippen LogP contribution < -0.4 is 11.1 Å². The lowest BCUT2D eigenvalue weighted by atomic mass is 9.97. The Hall–Kier alpha value is -0.570. The van der Waals surface area contributed by atoms with Gasteiger partial charge in [-0.25, -0.2) is 0 Å². The van der Waals surface area contributed by atoms with Gasteiger partial charge in [0, 0.05) is 12.5 Å². The highest BCUT2D eigenvalue weighted by Gasteiger charge is 2.44. The molecule has 2 unspecified atom stereocenters. The smallest absolute Gasteiger partial charge is 0.223 e. The van der Waals surface area contributed by atoms with Crippen molar-refractivity contribution in [3.63, 3.8) is 0 Å². The third-order valence-corrected chi connectivity index (χ3v) is 3.83. The van der Waals surface area contributed by atoms with Gasteiger partial charge in [0.05, 0.1) is 5.54 Å². The molecular formula is C11H20N2O. The first-order valence-corrected chi connectivity index (χ1v) is 5.69. The monoisotopic (exact) mass is 196 g/mol. The number of carbonyl (C=O) groups is 1. The lowest BCUT2D eigenvalue weighted by Crippen LogP contribution is -2.45. The van der Waals surface area contributed by atoms with Crippen molar-refractivity contribution >= 4 is 5.91 Å². The van der Waals surface area contributed by atoms with E-state index in [0.29, 0.717) is 12.5 Å². The van der Waals surface area contributed by atoms with E-state index in [1.54, 1.807) is 0 Å². The lowest BCUT2D eigenvalue weighted by Gasteiger charge is -2.20. The molecule has 0 aliphatic heterocycles. The van der Waals surface area contributed by atoms with Crippen LogP contribution in [0.25, 0.3) is 0 Å². The summed E-state index contributed by atoms with van der Waals surface area (Å²) >= 11 is 0. The number of hydrogen-bond donors (Lipinski definition) is 2. The second kappa shape index (κ2) is 3.54. The fourth-order valence-electron chi connectivity index (χ4n) is 2.42. The standard InChI is InChI=1S/C11H20N2O/c1-8-3-2-4-9(8)10(14)13-11(7-12)5-6-11/h8-9H,2-7,12H2,1H3,(H,13,14). The molecule has 3 N–H and O–H groups in total. The Morgan fingerprint density at radius 2 is 2.21 bits per heavy atom. The highest BCUT2D eigenvalue weighted by atomic mass is 16.2. The van der Waals surface area contributed by atoms with E-state index in [4.69, 9.17) is 5.73 Å². The van der Waals surface area contributed by atoms with E-state index in [0.717, 1.165) is 19.3 Å². The van der Waals surface area contributed by atoms with Gasteiger partial charge in [-0.15, -0.1) is 0 Å². The predicted octanol–water partition coefficient (Wildman–Crippen LogP) is 1.03. The zero-order valence-electron chi connectivity index (χ0n) is 8.88. The summed E-state index contributed by atoms with van der Waals surface area (Å²) in [4.78, 5) is 11.9. The minimum Gasteiger partial charge on any atom is -0.349 e. The Labute approximate surface area is 85.4 Å². The maximum absolute atomic E-state index is 11.9. The Bertz CT molecular complexity index is 235. The van der Waals surface area contributed by atoms with E-state index in [-0.39, 0.29) is 17.4 Å². The molecule has 3 heteroatoms. The van der Waals surface area contributed by atoms with E-state index < -0.39 is 0 Å². The van der Waals surface area contributed by atoms with Crippen LogP contribution in [0.2, 0.25) is 0 Å². The topological polar surface area (TPSA) is 55.1 Å². The molecule has 2 atom stereocenters. The molecule has 0 aromatic heterocycles. The molecule has 2 rings (SSSR count). The average molecular weight is 196 g/mol. The largest absolute Gasteiger partial charge is 0.349 e. The van der Waals surface area contributed by atoms with Gasteiger partial charge in [-0.2, -0.15) is 0 Å². The highest BCUT2D eigenvalue weighted by Crippen LogP contribution is 2.37. The third-order valence-electron chi connectivity index (χ3n) is 3.83. The van der Waals surface area contributed by atoms with Crippen LogP contribution in [0.15, 0.2) is 0 Å². The van der Waals surface area contributed by atoms with Crippen LogP contribution >= 0.6 is 0 Å². The average Bonchev–Trinajstić information content (AvgIpc) is 2.80. The normalized spacial score (nSPS) is 34.1. The summed E-state index contributed by atoms with van der Waals surface area (Å²) in [6.07, 6.45) is 5.60. The molecule has 0 bridgehead atoms. The predicted molar refractivity (Wildman–Crippen MR) is 55.7 cm³/mol. The maximum atomic E-state index is 11.9. The van der Waals surface area contributed by atoms with Crippen LogP contribution in [-0.2, 0) is 4.79 Å². The summed E-state index contributed by atoms with van der Waals surface area (Å²) in [7, 11) is 0. The summed E-state index contributed by atoms with van der Waals surface area (Å²) in [6.45, 7) is 2.78. The SMILES string of the molecule is CC1CCCC1C(=O)NC1(CN)CC1. The summed E-state index contributed by atoms with van der Waals surface area (Å²) in [5.74, 6) is 1.06. The second-order valence-electron chi connectivity index (χ2n) is 4.99. The molecule has 3 nitrogen and oxygen atoms in total. The molecule has 0 radical (unpaired) electrons. The van der Waals surface area contributed by atoms with E-state index >= 15 is 0 Å². The van der Waals surface area contributed by atoms with Crippen molar-refractivity contribution in [3.05, 3.63) is 0 Å². The summed E-state index contributed by atoms with van der Waals surface area (Å²) in [6, 6.07) is 0. The quantitative estimate of drug-likeness (QED) is 0.708. The van der Waals surface area contributed by atoms with Gasteiger partial charge in [0.1, 0.15) is 0 Å². The number of rotatable bonds is 3. The van der Waals surface area contributed by atoms with Crippen LogP contribution in [0.5, 0.6) is 0 Å². The summed E-state index contributed by atoms with van der Waals surface area (Å²) in [5.41, 5.74) is 5.62. The molecule has 0 aromatic carbocycles. The summed E-state index contributed by atoms with van der Waals surface area (Å²) in [5, 5.41) is 3.13. The van der Waals surface area contributed by atoms with Gasteiger partial charge >= 0.3 is 0 Å². The molecular weight excluding hydrogens is 176 g/mol. The van der Waals surface area contributed by atoms with Crippen molar-refractivity contribution in [1.82, 2.24) is 5.32 Å². The highest BCUT2D eigenvalue weighted by molar-refractivity contribution is 5.80. The molecule has 80 valence electrons. The molecule has 2 aliphatic rings. The van der Waals surface area contributed by atoms with E-state index in [2.05, 4.69) is 12.2 Å². The minimum absolute atomic E-state index is 0.0145. The van der Waals surface area contributed by atoms with Crippen molar-refractivity contribution in [1.29, 1.82) is 0 Å². The van der Waals surface area contributed by atoms with Crippen molar-refractivity contribution in [2.45, 2.75) is 44.6 Å². The molecule has 2 saturated carbocycles. The number of amides is 1. The van der Waals surface area contributed by atoms with Crippen LogP contribution in [0.4, 0.5) is 0 Å². The molecule has 1 amide bonds. The maximum Gasteiger partial charge on any atom is 0.223 e. The Morgan fingerprint density at radius 3 is 2.64 bits per heavy atom. The summed E-state index contributed by atoms with van der Waals surface area (Å²) < 4.78 is 0. The third kappa shape index (κ3) is 1.78. The molecule has 0 aromatic rings. The first-order valence-electron chi connectivity index (χ1n) is 5.69. The molecule has 2 fully saturated rings. The van der Waals surface area contributed by atoms with E-state index in [9.17, 15) is 4.79 Å². The van der Waals surface area contributed by atoms with Gasteiger partial charge in [-0.3, -0.25) is 4.79 Å². The molecule has 0 spiro atoms. The van der Waals surface area contributed by atoms with Crippen molar-refractivity contribution < 1.29 is 4.79 Å². The van der Waals surface area contributed by atoms with Crippen LogP contribution in [0.1, 0.15) is 39.0 Å². The Kier molecular flexibility index (Phi) is 2.52. The number of hydrogen-bond acceptors (Lipinski definition) is 2. The van der Waals surface area contributed by atoms with Gasteiger partial charge < -0.3 is 11.1 Å². The van der Waals surface area contributed by atoms with Gasteiger partial charge in [-0.1, -0.05) is 13.3 Å². The van der Waals surface area contributed by atoms with Crippen LogP contribution in [-0.4, -0.2) is 18.0 Å². The Morgan fingerprint density at radius 1 is 1.50 bits per heavy atom. The zero-order valence-corrected chi connectivity index (χ0v) is 8.88. The van der Waals surface area contributed by atoms with Crippen molar-refractivity contribution in [2.75, 3.05) is 6.54 Å². The van der Waals surface area contributed by atoms with Gasteiger partial charge in [0.15, 0.2) is 0 Å². The first-order chi connectivity index (χ1) is 6.67. The Balaban J connectivity index is 1.89. The fourth-order valence-corrected chi connectivity index (χ4v) is 2.42. The molecule has 0 heterocycles. The van der Waals surface area contributed by atoms with Gasteiger partial charge in [-0.05, 0) is 31.6 Å². The zero-order chi connectivity index (χ0) is 10.2.